The maximum atomic E-state index is 12.2. The van der Waals surface area contributed by atoms with E-state index in [9.17, 15) is 4.79 Å². The molecule has 0 aliphatic carbocycles. The third-order valence-electron chi connectivity index (χ3n) is 3.35. The van der Waals surface area contributed by atoms with Gasteiger partial charge in [-0.15, -0.1) is 0 Å². The van der Waals surface area contributed by atoms with E-state index in [0.29, 0.717) is 12.4 Å². The molecule has 1 N–H and O–H groups in total. The Morgan fingerprint density at radius 3 is 3.05 bits per heavy atom. The smallest absolute Gasteiger partial charge is 0.293 e. The third kappa shape index (κ3) is 2.56. The molecule has 0 amide bonds. The number of fused-ring (bicyclic) bond motifs is 1. The molecule has 0 atom stereocenters. The van der Waals surface area contributed by atoms with Gasteiger partial charge in [0.25, 0.3) is 5.56 Å². The molecule has 21 heavy (non-hydrogen) atoms. The first kappa shape index (κ1) is 13.5. The molecule has 0 unspecified atom stereocenters. The highest BCUT2D eigenvalue weighted by Crippen LogP contribution is 2.35. The lowest BCUT2D eigenvalue weighted by Gasteiger charge is -2.12. The van der Waals surface area contributed by atoms with Crippen molar-refractivity contribution in [1.82, 2.24) is 9.55 Å². The van der Waals surface area contributed by atoms with Gasteiger partial charge in [0.15, 0.2) is 17.3 Å². The molecule has 1 aromatic carbocycles. The number of ether oxygens (including phenoxy) is 2. The molecule has 0 bridgehead atoms. The highest BCUT2D eigenvalue weighted by Gasteiger charge is 2.17. The summed E-state index contributed by atoms with van der Waals surface area (Å²) in [5.74, 6) is 1.79. The first-order valence-corrected chi connectivity index (χ1v) is 6.85. The zero-order valence-electron chi connectivity index (χ0n) is 12.0. The number of anilines is 1. The SMILES string of the molecule is CC(C)n1ccnc(NCc2cccc3c2OCO3)c1=O. The van der Waals surface area contributed by atoms with Gasteiger partial charge in [-0.25, -0.2) is 4.98 Å². The quantitative estimate of drug-likeness (QED) is 0.933. The first-order valence-electron chi connectivity index (χ1n) is 6.85. The molecular formula is C15H17N3O3. The minimum absolute atomic E-state index is 0.0961. The monoisotopic (exact) mass is 287 g/mol. The molecular weight excluding hydrogens is 270 g/mol. The summed E-state index contributed by atoms with van der Waals surface area (Å²) in [5, 5.41) is 3.07. The van der Waals surface area contributed by atoms with E-state index >= 15 is 0 Å². The lowest BCUT2D eigenvalue weighted by atomic mass is 10.2. The van der Waals surface area contributed by atoms with E-state index in [0.717, 1.165) is 17.1 Å². The molecule has 0 radical (unpaired) electrons. The van der Waals surface area contributed by atoms with E-state index in [2.05, 4.69) is 10.3 Å². The highest BCUT2D eigenvalue weighted by molar-refractivity contribution is 5.49. The van der Waals surface area contributed by atoms with Gasteiger partial charge >= 0.3 is 0 Å². The fourth-order valence-corrected chi connectivity index (χ4v) is 2.26. The molecule has 110 valence electrons. The molecule has 1 aliphatic rings. The van der Waals surface area contributed by atoms with Crippen LogP contribution in [0, 0.1) is 0 Å². The molecule has 6 nitrogen and oxygen atoms in total. The summed E-state index contributed by atoms with van der Waals surface area (Å²) in [4.78, 5) is 16.4. The van der Waals surface area contributed by atoms with Crippen molar-refractivity contribution in [3.8, 4) is 11.5 Å². The molecule has 6 heteroatoms. The number of aromatic nitrogens is 2. The van der Waals surface area contributed by atoms with Gasteiger partial charge in [-0.3, -0.25) is 4.79 Å². The van der Waals surface area contributed by atoms with E-state index in [1.54, 1.807) is 17.0 Å². The summed E-state index contributed by atoms with van der Waals surface area (Å²) in [6.45, 7) is 4.60. The topological polar surface area (TPSA) is 65.4 Å². The fraction of sp³-hybridized carbons (Fsp3) is 0.333. The molecule has 3 rings (SSSR count). The van der Waals surface area contributed by atoms with E-state index in [-0.39, 0.29) is 18.4 Å². The molecule has 1 aliphatic heterocycles. The van der Waals surface area contributed by atoms with Gasteiger partial charge in [0.05, 0.1) is 0 Å². The van der Waals surface area contributed by atoms with Crippen LogP contribution in [0.15, 0.2) is 35.4 Å². The molecule has 2 aromatic rings. The third-order valence-corrected chi connectivity index (χ3v) is 3.35. The minimum Gasteiger partial charge on any atom is -0.454 e. The Labute approximate surface area is 122 Å². The molecule has 0 fully saturated rings. The maximum absolute atomic E-state index is 12.2. The van der Waals surface area contributed by atoms with Crippen molar-refractivity contribution in [2.45, 2.75) is 26.4 Å². The van der Waals surface area contributed by atoms with Crippen molar-refractivity contribution in [2.24, 2.45) is 0 Å². The number of hydrogen-bond donors (Lipinski definition) is 1. The van der Waals surface area contributed by atoms with Gasteiger partial charge < -0.3 is 19.4 Å². The molecule has 0 spiro atoms. The van der Waals surface area contributed by atoms with E-state index in [1.807, 2.05) is 32.0 Å². The zero-order valence-corrected chi connectivity index (χ0v) is 12.0. The van der Waals surface area contributed by atoms with Gasteiger partial charge in [0.2, 0.25) is 6.79 Å². The average molecular weight is 287 g/mol. The fourth-order valence-electron chi connectivity index (χ4n) is 2.26. The summed E-state index contributed by atoms with van der Waals surface area (Å²) in [6, 6.07) is 5.79. The largest absolute Gasteiger partial charge is 0.454 e. The Balaban J connectivity index is 1.82. The Kier molecular flexibility index (Phi) is 3.51. The van der Waals surface area contributed by atoms with Gasteiger partial charge in [-0.2, -0.15) is 0 Å². The Morgan fingerprint density at radius 1 is 1.38 bits per heavy atom. The summed E-state index contributed by atoms with van der Waals surface area (Å²) >= 11 is 0. The molecule has 0 saturated heterocycles. The van der Waals surface area contributed by atoms with Gasteiger partial charge in [0, 0.05) is 30.5 Å². The average Bonchev–Trinajstić information content (AvgIpc) is 2.95. The van der Waals surface area contributed by atoms with Crippen molar-refractivity contribution in [3.63, 3.8) is 0 Å². The normalized spacial score (nSPS) is 12.7. The highest BCUT2D eigenvalue weighted by atomic mass is 16.7. The van der Waals surface area contributed by atoms with Crippen molar-refractivity contribution >= 4 is 5.82 Å². The second-order valence-electron chi connectivity index (χ2n) is 5.09. The number of nitrogens with one attached hydrogen (secondary N) is 1. The summed E-state index contributed by atoms with van der Waals surface area (Å²) in [5.41, 5.74) is 0.809. The van der Waals surface area contributed by atoms with Crippen LogP contribution in [0.25, 0.3) is 0 Å². The summed E-state index contributed by atoms with van der Waals surface area (Å²) in [6.07, 6.45) is 3.31. The summed E-state index contributed by atoms with van der Waals surface area (Å²) in [7, 11) is 0. The van der Waals surface area contributed by atoms with Crippen LogP contribution in [0.5, 0.6) is 11.5 Å². The van der Waals surface area contributed by atoms with E-state index in [4.69, 9.17) is 9.47 Å². The van der Waals surface area contributed by atoms with Gasteiger partial charge in [-0.05, 0) is 19.9 Å². The van der Waals surface area contributed by atoms with Crippen LogP contribution < -0.4 is 20.3 Å². The molecule has 1 aromatic heterocycles. The van der Waals surface area contributed by atoms with Crippen LogP contribution in [0.4, 0.5) is 5.82 Å². The van der Waals surface area contributed by atoms with Crippen LogP contribution in [0.1, 0.15) is 25.5 Å². The van der Waals surface area contributed by atoms with Crippen LogP contribution in [0.2, 0.25) is 0 Å². The predicted molar refractivity (Wildman–Crippen MR) is 78.8 cm³/mol. The zero-order chi connectivity index (χ0) is 14.8. The van der Waals surface area contributed by atoms with E-state index in [1.165, 1.54) is 0 Å². The Bertz CT molecular complexity index is 710. The van der Waals surface area contributed by atoms with Gasteiger partial charge in [0.1, 0.15) is 0 Å². The lowest BCUT2D eigenvalue weighted by Crippen LogP contribution is -2.25. The van der Waals surface area contributed by atoms with Crippen molar-refractivity contribution in [2.75, 3.05) is 12.1 Å². The van der Waals surface area contributed by atoms with Crippen LogP contribution >= 0.6 is 0 Å². The van der Waals surface area contributed by atoms with Crippen LogP contribution in [0.3, 0.4) is 0 Å². The Morgan fingerprint density at radius 2 is 2.24 bits per heavy atom. The van der Waals surface area contributed by atoms with Gasteiger partial charge in [-0.1, -0.05) is 12.1 Å². The molecule has 0 saturated carbocycles. The number of para-hydroxylation sites is 1. The second kappa shape index (κ2) is 5.47. The van der Waals surface area contributed by atoms with Crippen molar-refractivity contribution in [1.29, 1.82) is 0 Å². The predicted octanol–water partition coefficient (Wildman–Crippen LogP) is 2.17. The number of benzene rings is 1. The lowest BCUT2D eigenvalue weighted by molar-refractivity contribution is 0.173. The number of rotatable bonds is 4. The second-order valence-corrected chi connectivity index (χ2v) is 5.09. The summed E-state index contributed by atoms with van der Waals surface area (Å²) < 4.78 is 12.4. The first-order chi connectivity index (χ1) is 10.2. The van der Waals surface area contributed by atoms with Crippen LogP contribution in [-0.4, -0.2) is 16.3 Å². The number of hydrogen-bond acceptors (Lipinski definition) is 5. The van der Waals surface area contributed by atoms with Crippen LogP contribution in [-0.2, 0) is 6.54 Å². The number of nitrogens with zero attached hydrogens (tertiary/aromatic N) is 2. The minimum atomic E-state index is -0.128. The standard InChI is InChI=1S/C15H17N3O3/c1-10(2)18-7-6-16-14(15(18)19)17-8-11-4-3-5-12-13(11)21-9-20-12/h3-7,10H,8-9H2,1-2H3,(H,16,17). The molecule has 2 heterocycles. The van der Waals surface area contributed by atoms with Crippen molar-refractivity contribution < 1.29 is 9.47 Å². The van der Waals surface area contributed by atoms with Crippen molar-refractivity contribution in [3.05, 3.63) is 46.5 Å². The van der Waals surface area contributed by atoms with E-state index < -0.39 is 0 Å². The Hall–Kier alpha value is -2.50. The maximum Gasteiger partial charge on any atom is 0.293 e.